The first-order chi connectivity index (χ1) is 8.52. The van der Waals surface area contributed by atoms with Gasteiger partial charge in [0.1, 0.15) is 5.75 Å². The Morgan fingerprint density at radius 1 is 1.22 bits per heavy atom. The molecule has 0 fully saturated rings. The van der Waals surface area contributed by atoms with E-state index in [1.54, 1.807) is 7.11 Å². The summed E-state index contributed by atoms with van der Waals surface area (Å²) in [4.78, 5) is 0. The van der Waals surface area contributed by atoms with Gasteiger partial charge < -0.3 is 15.8 Å². The molecule has 102 valence electrons. The molecule has 18 heavy (non-hydrogen) atoms. The topological polar surface area (TPSA) is 47.3 Å². The number of anilines is 2. The van der Waals surface area contributed by atoms with E-state index in [-0.39, 0.29) is 0 Å². The maximum absolute atomic E-state index is 5.95. The number of ether oxygens (including phenoxy) is 1. The third kappa shape index (κ3) is 4.86. The maximum Gasteiger partial charge on any atom is 0.121 e. The van der Waals surface area contributed by atoms with Gasteiger partial charge in [-0.25, -0.2) is 0 Å². The second kappa shape index (κ2) is 7.14. The quantitative estimate of drug-likeness (QED) is 0.721. The molecule has 1 unspecified atom stereocenters. The average molecular weight is 250 g/mol. The number of benzene rings is 1. The van der Waals surface area contributed by atoms with E-state index in [0.717, 1.165) is 29.5 Å². The summed E-state index contributed by atoms with van der Waals surface area (Å²) in [5.74, 6) is 1.61. The number of nitrogen functional groups attached to an aromatic ring is 1. The number of hydrogen-bond acceptors (Lipinski definition) is 3. The van der Waals surface area contributed by atoms with E-state index in [0.29, 0.717) is 6.04 Å². The standard InChI is InChI=1S/C15H26N2O/c1-11(2)6-5-7-12(3)17-15-10-13(18-4)8-9-14(15)16/h8-12,17H,5-7,16H2,1-4H3. The monoisotopic (exact) mass is 250 g/mol. The van der Waals surface area contributed by atoms with Crippen LogP contribution in [0.3, 0.4) is 0 Å². The summed E-state index contributed by atoms with van der Waals surface area (Å²) < 4.78 is 5.21. The molecule has 0 aromatic heterocycles. The van der Waals surface area contributed by atoms with E-state index in [1.807, 2.05) is 18.2 Å². The van der Waals surface area contributed by atoms with Crippen molar-refractivity contribution in [2.45, 2.75) is 46.1 Å². The van der Waals surface area contributed by atoms with Crippen LogP contribution in [-0.4, -0.2) is 13.2 Å². The van der Waals surface area contributed by atoms with Crippen LogP contribution < -0.4 is 15.8 Å². The Morgan fingerprint density at radius 2 is 1.94 bits per heavy atom. The molecule has 0 heterocycles. The van der Waals surface area contributed by atoms with Crippen molar-refractivity contribution in [3.8, 4) is 5.75 Å². The van der Waals surface area contributed by atoms with Crippen LogP contribution in [0.4, 0.5) is 11.4 Å². The largest absolute Gasteiger partial charge is 0.497 e. The minimum absolute atomic E-state index is 0.429. The van der Waals surface area contributed by atoms with Gasteiger partial charge in [0.05, 0.1) is 18.5 Å². The SMILES string of the molecule is COc1ccc(N)c(NC(C)CCCC(C)C)c1. The number of rotatable bonds is 7. The normalized spacial score (nSPS) is 12.5. The first-order valence-corrected chi connectivity index (χ1v) is 6.73. The molecule has 0 radical (unpaired) electrons. The Hall–Kier alpha value is -1.38. The molecular formula is C15H26N2O. The Bertz CT molecular complexity index is 364. The lowest BCUT2D eigenvalue weighted by atomic mass is 10.0. The fraction of sp³-hybridized carbons (Fsp3) is 0.600. The molecule has 1 rings (SSSR count). The molecule has 3 N–H and O–H groups in total. The van der Waals surface area contributed by atoms with Crippen molar-refractivity contribution in [3.63, 3.8) is 0 Å². The van der Waals surface area contributed by atoms with Gasteiger partial charge in [0.2, 0.25) is 0 Å². The van der Waals surface area contributed by atoms with Crippen LogP contribution in [0.15, 0.2) is 18.2 Å². The molecule has 1 aromatic rings. The summed E-state index contributed by atoms with van der Waals surface area (Å²) in [6.07, 6.45) is 3.68. The molecule has 1 atom stereocenters. The first-order valence-electron chi connectivity index (χ1n) is 6.73. The first kappa shape index (κ1) is 14.7. The van der Waals surface area contributed by atoms with Gasteiger partial charge in [-0.15, -0.1) is 0 Å². The second-order valence-corrected chi connectivity index (χ2v) is 5.32. The molecular weight excluding hydrogens is 224 g/mol. The van der Waals surface area contributed by atoms with E-state index >= 15 is 0 Å². The Labute approximate surface area is 111 Å². The summed E-state index contributed by atoms with van der Waals surface area (Å²) in [6, 6.07) is 6.14. The van der Waals surface area contributed by atoms with Crippen LogP contribution in [0.5, 0.6) is 5.75 Å². The van der Waals surface area contributed by atoms with Crippen LogP contribution in [0.2, 0.25) is 0 Å². The molecule has 0 aliphatic rings. The lowest BCUT2D eigenvalue weighted by molar-refractivity contribution is 0.415. The van der Waals surface area contributed by atoms with E-state index in [1.165, 1.54) is 12.8 Å². The van der Waals surface area contributed by atoms with E-state index in [2.05, 4.69) is 26.1 Å². The van der Waals surface area contributed by atoms with Gasteiger partial charge in [-0.1, -0.05) is 26.7 Å². The maximum atomic E-state index is 5.95. The minimum Gasteiger partial charge on any atom is -0.497 e. The summed E-state index contributed by atoms with van der Waals surface area (Å²) >= 11 is 0. The molecule has 0 saturated heterocycles. The summed E-state index contributed by atoms with van der Waals surface area (Å²) in [6.45, 7) is 6.72. The Morgan fingerprint density at radius 3 is 2.56 bits per heavy atom. The number of methoxy groups -OCH3 is 1. The van der Waals surface area contributed by atoms with E-state index in [9.17, 15) is 0 Å². The number of nitrogens with one attached hydrogen (secondary N) is 1. The van der Waals surface area contributed by atoms with Crippen LogP contribution in [0, 0.1) is 5.92 Å². The minimum atomic E-state index is 0.429. The van der Waals surface area contributed by atoms with Gasteiger partial charge in [0.15, 0.2) is 0 Å². The van der Waals surface area contributed by atoms with Crippen LogP contribution in [-0.2, 0) is 0 Å². The highest BCUT2D eigenvalue weighted by atomic mass is 16.5. The Balaban J connectivity index is 2.50. The van der Waals surface area contributed by atoms with Crippen LogP contribution >= 0.6 is 0 Å². The van der Waals surface area contributed by atoms with Crippen LogP contribution in [0.1, 0.15) is 40.0 Å². The van der Waals surface area contributed by atoms with Crippen molar-refractivity contribution in [2.24, 2.45) is 5.92 Å². The van der Waals surface area contributed by atoms with Gasteiger partial charge in [-0.2, -0.15) is 0 Å². The number of nitrogens with two attached hydrogens (primary N) is 1. The van der Waals surface area contributed by atoms with Gasteiger partial charge in [-0.3, -0.25) is 0 Å². The van der Waals surface area contributed by atoms with Crippen molar-refractivity contribution in [1.29, 1.82) is 0 Å². The second-order valence-electron chi connectivity index (χ2n) is 5.32. The predicted octanol–water partition coefficient (Wildman–Crippen LogP) is 3.90. The zero-order valence-corrected chi connectivity index (χ0v) is 12.0. The molecule has 3 nitrogen and oxygen atoms in total. The molecule has 1 aromatic carbocycles. The number of hydrogen-bond donors (Lipinski definition) is 2. The molecule has 0 amide bonds. The lowest BCUT2D eigenvalue weighted by Crippen LogP contribution is -2.16. The fourth-order valence-electron chi connectivity index (χ4n) is 1.96. The summed E-state index contributed by atoms with van der Waals surface area (Å²) in [5.41, 5.74) is 7.69. The Kier molecular flexibility index (Phi) is 5.83. The molecule has 0 aliphatic heterocycles. The summed E-state index contributed by atoms with van der Waals surface area (Å²) in [7, 11) is 1.67. The zero-order valence-electron chi connectivity index (χ0n) is 12.0. The third-order valence-corrected chi connectivity index (χ3v) is 3.08. The molecule has 0 spiro atoms. The highest BCUT2D eigenvalue weighted by molar-refractivity contribution is 5.68. The molecule has 0 bridgehead atoms. The molecule has 0 saturated carbocycles. The summed E-state index contributed by atoms with van der Waals surface area (Å²) in [5, 5.41) is 3.45. The van der Waals surface area contributed by atoms with Gasteiger partial charge in [0.25, 0.3) is 0 Å². The fourth-order valence-corrected chi connectivity index (χ4v) is 1.96. The molecule has 3 heteroatoms. The van der Waals surface area contributed by atoms with Crippen molar-refractivity contribution in [2.75, 3.05) is 18.2 Å². The van der Waals surface area contributed by atoms with Crippen molar-refractivity contribution in [3.05, 3.63) is 18.2 Å². The average Bonchev–Trinajstić information content (AvgIpc) is 2.31. The highest BCUT2D eigenvalue weighted by Gasteiger charge is 2.06. The predicted molar refractivity (Wildman–Crippen MR) is 79.2 cm³/mol. The third-order valence-electron chi connectivity index (χ3n) is 3.08. The van der Waals surface area contributed by atoms with Crippen molar-refractivity contribution in [1.82, 2.24) is 0 Å². The van der Waals surface area contributed by atoms with E-state index < -0.39 is 0 Å². The van der Waals surface area contributed by atoms with E-state index in [4.69, 9.17) is 10.5 Å². The smallest absolute Gasteiger partial charge is 0.121 e. The van der Waals surface area contributed by atoms with Gasteiger partial charge >= 0.3 is 0 Å². The van der Waals surface area contributed by atoms with Gasteiger partial charge in [-0.05, 0) is 31.4 Å². The van der Waals surface area contributed by atoms with Gasteiger partial charge in [0, 0.05) is 12.1 Å². The van der Waals surface area contributed by atoms with Crippen LogP contribution in [0.25, 0.3) is 0 Å². The zero-order chi connectivity index (χ0) is 13.5. The highest BCUT2D eigenvalue weighted by Crippen LogP contribution is 2.25. The van der Waals surface area contributed by atoms with Crippen molar-refractivity contribution >= 4 is 11.4 Å². The molecule has 0 aliphatic carbocycles. The lowest BCUT2D eigenvalue weighted by Gasteiger charge is -2.18. The van der Waals surface area contributed by atoms with Crippen molar-refractivity contribution < 1.29 is 4.74 Å².